The molecule has 0 aliphatic carbocycles. The monoisotopic (exact) mass is 398 g/mol. The van der Waals surface area contributed by atoms with Crippen molar-refractivity contribution < 1.29 is 14.7 Å². The summed E-state index contributed by atoms with van der Waals surface area (Å²) in [5, 5.41) is 21.8. The first-order chi connectivity index (χ1) is 14.6. The summed E-state index contributed by atoms with van der Waals surface area (Å²) < 4.78 is 1.44. The Morgan fingerprint density at radius 3 is 2.23 bits per heavy atom. The SMILES string of the molecule is O=C(Cn1c(O)c(N=NC(=O)c2ccccc2)c2ccccc21)Nc1ccccc1. The van der Waals surface area contributed by atoms with E-state index in [-0.39, 0.29) is 24.0 Å². The number of amides is 2. The summed E-state index contributed by atoms with van der Waals surface area (Å²) in [6, 6.07) is 24.7. The predicted octanol–water partition coefficient (Wildman–Crippen LogP) is 4.91. The lowest BCUT2D eigenvalue weighted by Gasteiger charge is -2.08. The fourth-order valence-electron chi connectivity index (χ4n) is 3.13. The number of hydrogen-bond acceptors (Lipinski definition) is 4. The van der Waals surface area contributed by atoms with E-state index in [2.05, 4.69) is 15.5 Å². The van der Waals surface area contributed by atoms with Crippen LogP contribution in [0.5, 0.6) is 5.88 Å². The van der Waals surface area contributed by atoms with Gasteiger partial charge in [0.1, 0.15) is 6.54 Å². The summed E-state index contributed by atoms with van der Waals surface area (Å²) in [5.74, 6) is -1.06. The topological polar surface area (TPSA) is 96.1 Å². The van der Waals surface area contributed by atoms with Gasteiger partial charge in [0.2, 0.25) is 11.8 Å². The number of fused-ring (bicyclic) bond motifs is 1. The number of aromatic hydroxyl groups is 1. The molecule has 4 aromatic rings. The van der Waals surface area contributed by atoms with Gasteiger partial charge in [0.05, 0.1) is 5.52 Å². The van der Waals surface area contributed by atoms with E-state index in [1.807, 2.05) is 18.2 Å². The summed E-state index contributed by atoms with van der Waals surface area (Å²) >= 11 is 0. The molecule has 1 heterocycles. The number of benzene rings is 3. The van der Waals surface area contributed by atoms with Crippen molar-refractivity contribution in [3.8, 4) is 5.88 Å². The van der Waals surface area contributed by atoms with E-state index in [0.717, 1.165) is 0 Å². The Kier molecular flexibility index (Phi) is 5.34. The highest BCUT2D eigenvalue weighted by Gasteiger charge is 2.19. The largest absolute Gasteiger partial charge is 0.493 e. The number of anilines is 1. The molecule has 0 bridgehead atoms. The van der Waals surface area contributed by atoms with E-state index in [0.29, 0.717) is 22.2 Å². The number of azo groups is 1. The smallest absolute Gasteiger partial charge is 0.295 e. The molecule has 2 N–H and O–H groups in total. The lowest BCUT2D eigenvalue weighted by molar-refractivity contribution is -0.116. The Morgan fingerprint density at radius 1 is 0.867 bits per heavy atom. The third-order valence-corrected chi connectivity index (χ3v) is 4.54. The van der Waals surface area contributed by atoms with Gasteiger partial charge in [-0.25, -0.2) is 0 Å². The van der Waals surface area contributed by atoms with Gasteiger partial charge in [-0.15, -0.1) is 10.2 Å². The summed E-state index contributed by atoms with van der Waals surface area (Å²) in [5.41, 5.74) is 1.81. The van der Waals surface area contributed by atoms with Crippen LogP contribution in [0.15, 0.2) is 95.2 Å². The van der Waals surface area contributed by atoms with Gasteiger partial charge in [-0.3, -0.25) is 9.59 Å². The van der Waals surface area contributed by atoms with Crippen LogP contribution < -0.4 is 5.32 Å². The minimum absolute atomic E-state index is 0.122. The molecule has 0 atom stereocenters. The molecule has 4 rings (SSSR count). The molecular weight excluding hydrogens is 380 g/mol. The quantitative estimate of drug-likeness (QED) is 0.468. The van der Waals surface area contributed by atoms with Crippen LogP contribution in [0, 0.1) is 0 Å². The van der Waals surface area contributed by atoms with Crippen LogP contribution in [0.3, 0.4) is 0 Å². The third kappa shape index (κ3) is 3.95. The van der Waals surface area contributed by atoms with Crippen LogP contribution in [0.4, 0.5) is 11.4 Å². The summed E-state index contributed by atoms with van der Waals surface area (Å²) in [6.45, 7) is -0.122. The molecule has 0 saturated carbocycles. The second kappa shape index (κ2) is 8.40. The second-order valence-electron chi connectivity index (χ2n) is 6.56. The van der Waals surface area contributed by atoms with Gasteiger partial charge < -0.3 is 15.0 Å². The van der Waals surface area contributed by atoms with E-state index >= 15 is 0 Å². The van der Waals surface area contributed by atoms with Crippen molar-refractivity contribution in [3.63, 3.8) is 0 Å². The lowest BCUT2D eigenvalue weighted by atomic mass is 10.2. The van der Waals surface area contributed by atoms with Gasteiger partial charge in [0.25, 0.3) is 5.91 Å². The van der Waals surface area contributed by atoms with Crippen molar-refractivity contribution in [1.82, 2.24) is 4.57 Å². The van der Waals surface area contributed by atoms with Gasteiger partial charge in [0.15, 0.2) is 5.69 Å². The maximum atomic E-state index is 12.5. The van der Waals surface area contributed by atoms with E-state index in [4.69, 9.17) is 0 Å². The summed E-state index contributed by atoms with van der Waals surface area (Å²) in [6.07, 6.45) is 0. The molecule has 0 aliphatic rings. The molecular formula is C23H18N4O3. The number of para-hydroxylation sites is 2. The minimum Gasteiger partial charge on any atom is -0.493 e. The molecule has 1 aromatic heterocycles. The predicted molar refractivity (Wildman–Crippen MR) is 114 cm³/mol. The normalized spacial score (nSPS) is 11.1. The summed E-state index contributed by atoms with van der Waals surface area (Å²) in [4.78, 5) is 24.7. The van der Waals surface area contributed by atoms with E-state index < -0.39 is 5.91 Å². The van der Waals surface area contributed by atoms with Crippen LogP contribution >= 0.6 is 0 Å². The Bertz CT molecular complexity index is 1230. The fourth-order valence-corrected chi connectivity index (χ4v) is 3.13. The second-order valence-corrected chi connectivity index (χ2v) is 6.56. The highest BCUT2D eigenvalue weighted by molar-refractivity contribution is 5.99. The number of carbonyl (C=O) groups excluding carboxylic acids is 2. The van der Waals surface area contributed by atoms with Gasteiger partial charge in [-0.1, -0.05) is 54.6 Å². The van der Waals surface area contributed by atoms with Crippen LogP contribution in [0.25, 0.3) is 10.9 Å². The lowest BCUT2D eigenvalue weighted by Crippen LogP contribution is -2.18. The molecule has 7 nitrogen and oxygen atoms in total. The van der Waals surface area contributed by atoms with Gasteiger partial charge >= 0.3 is 0 Å². The molecule has 0 fully saturated rings. The highest BCUT2D eigenvalue weighted by Crippen LogP contribution is 2.38. The first-order valence-electron chi connectivity index (χ1n) is 9.29. The Balaban J connectivity index is 1.63. The van der Waals surface area contributed by atoms with Gasteiger partial charge in [-0.05, 0) is 30.3 Å². The summed E-state index contributed by atoms with van der Waals surface area (Å²) in [7, 11) is 0. The van der Waals surface area contributed by atoms with Crippen molar-refractivity contribution in [1.29, 1.82) is 0 Å². The van der Waals surface area contributed by atoms with Crippen molar-refractivity contribution in [2.75, 3.05) is 5.32 Å². The van der Waals surface area contributed by atoms with Crippen LogP contribution in [0.2, 0.25) is 0 Å². The van der Waals surface area contributed by atoms with Crippen molar-refractivity contribution in [2.45, 2.75) is 6.54 Å². The van der Waals surface area contributed by atoms with Crippen molar-refractivity contribution in [2.24, 2.45) is 10.2 Å². The number of rotatable bonds is 5. The Hall–Kier alpha value is -4.26. The molecule has 0 aliphatic heterocycles. The molecule has 148 valence electrons. The molecule has 30 heavy (non-hydrogen) atoms. The Labute approximate surface area is 172 Å². The molecule has 0 spiro atoms. The number of hydrogen-bond donors (Lipinski definition) is 2. The molecule has 0 saturated heterocycles. The number of nitrogens with zero attached hydrogens (tertiary/aromatic N) is 3. The Morgan fingerprint density at radius 2 is 1.50 bits per heavy atom. The van der Waals surface area contributed by atoms with Crippen LogP contribution in [0.1, 0.15) is 10.4 Å². The van der Waals surface area contributed by atoms with Crippen LogP contribution in [-0.4, -0.2) is 21.5 Å². The molecule has 2 amide bonds. The standard InChI is InChI=1S/C23H18N4O3/c28-20(24-17-11-5-2-6-12-17)15-27-19-14-8-7-13-18(19)21(23(27)30)25-26-22(29)16-9-3-1-4-10-16/h1-14,30H,15H2,(H,24,28). The van der Waals surface area contributed by atoms with E-state index in [9.17, 15) is 14.7 Å². The number of nitrogens with one attached hydrogen (secondary N) is 1. The fraction of sp³-hybridized carbons (Fsp3) is 0.0435. The number of aromatic nitrogens is 1. The maximum absolute atomic E-state index is 12.5. The van der Waals surface area contributed by atoms with Crippen molar-refractivity contribution in [3.05, 3.63) is 90.5 Å². The first kappa shape index (κ1) is 19.1. The van der Waals surface area contributed by atoms with E-state index in [1.165, 1.54) is 4.57 Å². The first-order valence-corrected chi connectivity index (χ1v) is 9.29. The van der Waals surface area contributed by atoms with Gasteiger partial charge in [0, 0.05) is 16.6 Å². The zero-order valence-corrected chi connectivity index (χ0v) is 15.9. The van der Waals surface area contributed by atoms with Gasteiger partial charge in [-0.2, -0.15) is 0 Å². The maximum Gasteiger partial charge on any atom is 0.295 e. The third-order valence-electron chi connectivity index (χ3n) is 4.54. The zero-order valence-electron chi connectivity index (χ0n) is 15.9. The molecule has 0 radical (unpaired) electrons. The molecule has 0 unspecified atom stereocenters. The zero-order chi connectivity index (χ0) is 20.9. The van der Waals surface area contributed by atoms with E-state index in [1.54, 1.807) is 66.7 Å². The van der Waals surface area contributed by atoms with Crippen molar-refractivity contribution >= 4 is 34.1 Å². The van der Waals surface area contributed by atoms with Crippen LogP contribution in [-0.2, 0) is 11.3 Å². The average molecular weight is 398 g/mol. The highest BCUT2D eigenvalue weighted by atomic mass is 16.3. The molecule has 3 aromatic carbocycles. The minimum atomic E-state index is -0.520. The number of carbonyl (C=O) groups is 2. The average Bonchev–Trinajstić information content (AvgIpc) is 3.04. The molecule has 7 heteroatoms.